The van der Waals surface area contributed by atoms with Crippen molar-refractivity contribution in [1.29, 1.82) is 0 Å². The highest BCUT2D eigenvalue weighted by atomic mass is 32.8. The lowest BCUT2D eigenvalue weighted by Crippen LogP contribution is -1.86. The predicted molar refractivity (Wildman–Crippen MR) is 51.9 cm³/mol. The van der Waals surface area contributed by atoms with Gasteiger partial charge < -0.3 is 4.74 Å². The molecule has 60 valence electrons. The van der Waals surface area contributed by atoms with E-state index in [1.165, 1.54) is 4.90 Å². The highest BCUT2D eigenvalue weighted by Crippen LogP contribution is 2.13. The van der Waals surface area contributed by atoms with Crippen LogP contribution in [0.4, 0.5) is 0 Å². The first-order chi connectivity index (χ1) is 5.24. The Labute approximate surface area is 74.0 Å². The number of rotatable bonds is 2. The molecule has 0 aliphatic rings. The fourth-order valence-electron chi connectivity index (χ4n) is 0.767. The Morgan fingerprint density at radius 1 is 1.27 bits per heavy atom. The van der Waals surface area contributed by atoms with Gasteiger partial charge in [0.2, 0.25) is 0 Å². The van der Waals surface area contributed by atoms with E-state index in [9.17, 15) is 0 Å². The van der Waals surface area contributed by atoms with E-state index < -0.39 is 0 Å². The molecule has 3 heteroatoms. The summed E-state index contributed by atoms with van der Waals surface area (Å²) < 4.78 is 5.02. The zero-order valence-electron chi connectivity index (χ0n) is 6.53. The van der Waals surface area contributed by atoms with Crippen molar-refractivity contribution in [3.05, 3.63) is 24.3 Å². The molecule has 0 amide bonds. The van der Waals surface area contributed by atoms with Crippen LogP contribution >= 0.6 is 0 Å². The van der Waals surface area contributed by atoms with Gasteiger partial charge in [-0.15, -0.1) is 0 Å². The lowest BCUT2D eigenvalue weighted by Gasteiger charge is -2.00. The second kappa shape index (κ2) is 3.83. The van der Waals surface area contributed by atoms with Gasteiger partial charge in [0.1, 0.15) is 5.75 Å². The van der Waals surface area contributed by atoms with E-state index in [4.69, 9.17) is 15.9 Å². The molecule has 0 saturated heterocycles. The van der Waals surface area contributed by atoms with Crippen molar-refractivity contribution in [2.75, 3.05) is 13.4 Å². The van der Waals surface area contributed by atoms with Crippen molar-refractivity contribution in [2.45, 2.75) is 4.90 Å². The maximum atomic E-state index is 5.11. The molecule has 0 fully saturated rings. The van der Waals surface area contributed by atoms with E-state index >= 15 is 0 Å². The molecule has 0 aliphatic carbocycles. The molecule has 1 nitrogen and oxygen atoms in total. The summed E-state index contributed by atoms with van der Waals surface area (Å²) in [6, 6.07) is 7.89. The summed E-state index contributed by atoms with van der Waals surface area (Å²) in [6.45, 7) is 0. The first-order valence-electron chi connectivity index (χ1n) is 3.21. The molecule has 0 N–H and O–H groups in total. The molecular formula is C8H10OS2. The first-order valence-corrected chi connectivity index (χ1v) is 5.77. The van der Waals surface area contributed by atoms with Crippen LogP contribution in [0.1, 0.15) is 0 Å². The molecule has 1 unspecified atom stereocenters. The van der Waals surface area contributed by atoms with Gasteiger partial charge in [-0.05, 0) is 41.7 Å². The van der Waals surface area contributed by atoms with E-state index in [-0.39, 0.29) is 9.45 Å². The van der Waals surface area contributed by atoms with Crippen LogP contribution in [0.25, 0.3) is 0 Å². The minimum absolute atomic E-state index is 0.0614. The lowest BCUT2D eigenvalue weighted by molar-refractivity contribution is 0.414. The van der Waals surface area contributed by atoms with E-state index in [0.29, 0.717) is 0 Å². The van der Waals surface area contributed by atoms with Crippen LogP contribution in [0.2, 0.25) is 0 Å². The Morgan fingerprint density at radius 3 is 2.18 bits per heavy atom. The Balaban J connectivity index is 2.91. The minimum atomic E-state index is -0.0614. The number of hydrogen-bond acceptors (Lipinski definition) is 2. The van der Waals surface area contributed by atoms with Crippen molar-refractivity contribution in [3.63, 3.8) is 0 Å². The number of benzene rings is 1. The molecule has 1 atom stereocenters. The van der Waals surface area contributed by atoms with E-state index in [0.717, 1.165) is 5.75 Å². The molecule has 0 aromatic heterocycles. The van der Waals surface area contributed by atoms with Crippen molar-refractivity contribution in [2.24, 2.45) is 0 Å². The van der Waals surface area contributed by atoms with Gasteiger partial charge in [-0.2, -0.15) is 0 Å². The maximum Gasteiger partial charge on any atom is 0.118 e. The molecule has 0 aliphatic heterocycles. The van der Waals surface area contributed by atoms with E-state index in [2.05, 4.69) is 0 Å². The monoisotopic (exact) mass is 186 g/mol. The third kappa shape index (κ3) is 2.27. The van der Waals surface area contributed by atoms with E-state index in [1.807, 2.05) is 30.5 Å². The van der Waals surface area contributed by atoms with Crippen LogP contribution < -0.4 is 4.74 Å². The molecule has 0 bridgehead atoms. The Hall–Kier alpha value is -0.410. The third-order valence-corrected chi connectivity index (χ3v) is 2.90. The number of hydrogen-bond donors (Lipinski definition) is 0. The summed E-state index contributed by atoms with van der Waals surface area (Å²) in [6.07, 6.45) is 2.02. The molecule has 0 radical (unpaired) electrons. The average molecular weight is 186 g/mol. The second-order valence-electron chi connectivity index (χ2n) is 2.13. The summed E-state index contributed by atoms with van der Waals surface area (Å²) in [4.78, 5) is 1.20. The fourth-order valence-corrected chi connectivity index (χ4v) is 1.62. The van der Waals surface area contributed by atoms with Gasteiger partial charge in [0, 0.05) is 4.90 Å². The summed E-state index contributed by atoms with van der Waals surface area (Å²) in [5, 5.41) is 0. The quantitative estimate of drug-likeness (QED) is 0.696. The molecule has 0 saturated carbocycles. The topological polar surface area (TPSA) is 9.23 Å². The summed E-state index contributed by atoms with van der Waals surface area (Å²) >= 11 is 5.11. The van der Waals surface area contributed by atoms with Crippen molar-refractivity contribution in [1.82, 2.24) is 0 Å². The first kappa shape index (κ1) is 8.68. The highest BCUT2D eigenvalue weighted by Gasteiger charge is 1.93. The zero-order chi connectivity index (χ0) is 8.27. The molecule has 1 rings (SSSR count). The summed E-state index contributed by atoms with van der Waals surface area (Å²) in [5.74, 6) is 0.884. The van der Waals surface area contributed by atoms with Crippen molar-refractivity contribution < 1.29 is 4.74 Å². The standard InChI is InChI=1S/C8H10OS2/c1-9-7-3-5-8(6-4-7)11(2)10/h3-6H,1-2H3. The fraction of sp³-hybridized carbons (Fsp3) is 0.250. The smallest absolute Gasteiger partial charge is 0.118 e. The van der Waals surface area contributed by atoms with Crippen molar-refractivity contribution >= 4 is 20.6 Å². The van der Waals surface area contributed by atoms with Crippen LogP contribution in [0.3, 0.4) is 0 Å². The normalized spacial score (nSPS) is 12.5. The second-order valence-corrected chi connectivity index (χ2v) is 5.01. The van der Waals surface area contributed by atoms with Gasteiger partial charge in [0.25, 0.3) is 0 Å². The molecule has 0 spiro atoms. The Bertz CT molecular complexity index is 253. The largest absolute Gasteiger partial charge is 0.497 e. The van der Waals surface area contributed by atoms with Crippen LogP contribution in [0.15, 0.2) is 29.2 Å². The molecule has 0 heterocycles. The van der Waals surface area contributed by atoms with Gasteiger partial charge in [0.05, 0.1) is 7.11 Å². The van der Waals surface area contributed by atoms with Gasteiger partial charge in [0.15, 0.2) is 0 Å². The molecular weight excluding hydrogens is 176 g/mol. The van der Waals surface area contributed by atoms with Gasteiger partial charge in [-0.1, -0.05) is 9.45 Å². The predicted octanol–water partition coefficient (Wildman–Crippen LogP) is 1.76. The van der Waals surface area contributed by atoms with Crippen LogP contribution in [0, 0.1) is 0 Å². The summed E-state index contributed by atoms with van der Waals surface area (Å²) in [7, 11) is 1.60. The average Bonchev–Trinajstić information content (AvgIpc) is 2.05. The zero-order valence-corrected chi connectivity index (χ0v) is 8.17. The SMILES string of the molecule is COc1ccc(S(C)=S)cc1. The number of ether oxygens (including phenoxy) is 1. The third-order valence-electron chi connectivity index (χ3n) is 1.39. The van der Waals surface area contributed by atoms with Gasteiger partial charge >= 0.3 is 0 Å². The van der Waals surface area contributed by atoms with Gasteiger partial charge in [-0.3, -0.25) is 0 Å². The lowest BCUT2D eigenvalue weighted by atomic mass is 10.3. The Morgan fingerprint density at radius 2 is 1.82 bits per heavy atom. The minimum Gasteiger partial charge on any atom is -0.497 e. The highest BCUT2D eigenvalue weighted by molar-refractivity contribution is 8.28. The molecule has 1 aromatic rings. The van der Waals surface area contributed by atoms with Gasteiger partial charge in [-0.25, -0.2) is 0 Å². The Kier molecular flexibility index (Phi) is 3.02. The van der Waals surface area contributed by atoms with E-state index in [1.54, 1.807) is 7.11 Å². The number of methoxy groups -OCH3 is 1. The van der Waals surface area contributed by atoms with Crippen molar-refractivity contribution in [3.8, 4) is 5.75 Å². The maximum absolute atomic E-state index is 5.11. The van der Waals surface area contributed by atoms with Crippen LogP contribution in [-0.2, 0) is 20.6 Å². The molecule has 1 aromatic carbocycles. The summed E-state index contributed by atoms with van der Waals surface area (Å²) in [5.41, 5.74) is 0. The van der Waals surface area contributed by atoms with Crippen LogP contribution in [0.5, 0.6) is 5.75 Å². The molecule has 11 heavy (non-hydrogen) atoms. The van der Waals surface area contributed by atoms with Crippen LogP contribution in [-0.4, -0.2) is 13.4 Å².